The lowest BCUT2D eigenvalue weighted by molar-refractivity contribution is 0.280. The van der Waals surface area contributed by atoms with Crippen molar-refractivity contribution >= 4 is 10.8 Å². The van der Waals surface area contributed by atoms with Crippen LogP contribution in [-0.2, 0) is 6.61 Å². The van der Waals surface area contributed by atoms with Crippen LogP contribution < -0.4 is 4.74 Å². The molecule has 0 atom stereocenters. The van der Waals surface area contributed by atoms with Gasteiger partial charge in [0.05, 0.1) is 6.61 Å². The van der Waals surface area contributed by atoms with E-state index in [1.165, 1.54) is 12.1 Å². The summed E-state index contributed by atoms with van der Waals surface area (Å²) in [5, 5.41) is 11.3. The van der Waals surface area contributed by atoms with Crippen LogP contribution in [0.25, 0.3) is 10.8 Å². The fourth-order valence-corrected chi connectivity index (χ4v) is 2.14. The van der Waals surface area contributed by atoms with Crippen LogP contribution in [0.1, 0.15) is 5.56 Å². The second-order valence-corrected chi connectivity index (χ2v) is 4.56. The highest BCUT2D eigenvalue weighted by Crippen LogP contribution is 2.27. The van der Waals surface area contributed by atoms with E-state index in [1.807, 2.05) is 42.5 Å². The Labute approximate surface area is 116 Å². The summed E-state index contributed by atoms with van der Waals surface area (Å²) in [5.41, 5.74) is 0.487. The highest BCUT2D eigenvalue weighted by Gasteiger charge is 2.03. The fourth-order valence-electron chi connectivity index (χ4n) is 2.14. The van der Waals surface area contributed by atoms with Gasteiger partial charge < -0.3 is 9.84 Å². The maximum atomic E-state index is 13.4. The first-order valence-electron chi connectivity index (χ1n) is 6.31. The molecule has 0 unspecified atom stereocenters. The molecule has 0 aliphatic heterocycles. The van der Waals surface area contributed by atoms with Gasteiger partial charge in [-0.2, -0.15) is 0 Å². The summed E-state index contributed by atoms with van der Waals surface area (Å²) in [4.78, 5) is 0. The van der Waals surface area contributed by atoms with E-state index in [4.69, 9.17) is 9.84 Å². The third-order valence-corrected chi connectivity index (χ3v) is 3.07. The van der Waals surface area contributed by atoms with Crippen LogP contribution in [0.15, 0.2) is 60.7 Å². The largest absolute Gasteiger partial charge is 0.457 e. The average molecular weight is 268 g/mol. The lowest BCUT2D eigenvalue weighted by Crippen LogP contribution is -1.90. The molecule has 0 spiro atoms. The van der Waals surface area contributed by atoms with E-state index in [9.17, 15) is 4.39 Å². The van der Waals surface area contributed by atoms with Crippen molar-refractivity contribution < 1.29 is 14.2 Å². The molecule has 0 radical (unpaired) electrons. The second kappa shape index (κ2) is 5.31. The molecule has 1 N–H and O–H groups in total. The van der Waals surface area contributed by atoms with Crippen molar-refractivity contribution in [2.45, 2.75) is 6.61 Å². The van der Waals surface area contributed by atoms with Crippen molar-refractivity contribution in [3.8, 4) is 11.5 Å². The summed E-state index contributed by atoms with van der Waals surface area (Å²) in [6, 6.07) is 17.8. The first-order valence-corrected chi connectivity index (χ1v) is 6.31. The Balaban J connectivity index is 1.94. The van der Waals surface area contributed by atoms with Gasteiger partial charge in [-0.3, -0.25) is 0 Å². The van der Waals surface area contributed by atoms with Crippen LogP contribution in [0.5, 0.6) is 11.5 Å². The average Bonchev–Trinajstić information content (AvgIpc) is 2.46. The third kappa shape index (κ3) is 2.63. The zero-order valence-corrected chi connectivity index (χ0v) is 10.7. The predicted molar refractivity (Wildman–Crippen MR) is 76.3 cm³/mol. The van der Waals surface area contributed by atoms with Gasteiger partial charge in [0.2, 0.25) is 0 Å². The molecule has 0 saturated carbocycles. The highest BCUT2D eigenvalue weighted by atomic mass is 19.1. The van der Waals surface area contributed by atoms with Crippen molar-refractivity contribution in [3.63, 3.8) is 0 Å². The number of fused-ring (bicyclic) bond motifs is 1. The molecule has 3 rings (SSSR count). The normalized spacial score (nSPS) is 10.7. The second-order valence-electron chi connectivity index (χ2n) is 4.56. The van der Waals surface area contributed by atoms with Gasteiger partial charge in [0.1, 0.15) is 17.3 Å². The molecule has 2 nitrogen and oxygen atoms in total. The fraction of sp³-hybridized carbons (Fsp3) is 0.0588. The Morgan fingerprint density at radius 1 is 0.850 bits per heavy atom. The smallest absolute Gasteiger partial charge is 0.130 e. The molecule has 0 heterocycles. The minimum atomic E-state index is -0.424. The summed E-state index contributed by atoms with van der Waals surface area (Å²) < 4.78 is 19.0. The zero-order chi connectivity index (χ0) is 13.9. The van der Waals surface area contributed by atoms with E-state index >= 15 is 0 Å². The molecule has 3 heteroatoms. The maximum absolute atomic E-state index is 13.4. The molecule has 0 fully saturated rings. The summed E-state index contributed by atoms with van der Waals surface area (Å²) in [7, 11) is 0. The molecule has 0 saturated heterocycles. The zero-order valence-electron chi connectivity index (χ0n) is 10.7. The van der Waals surface area contributed by atoms with Crippen molar-refractivity contribution in [1.82, 2.24) is 0 Å². The van der Waals surface area contributed by atoms with Crippen molar-refractivity contribution in [1.29, 1.82) is 0 Å². The number of hydrogen-bond donors (Lipinski definition) is 1. The minimum absolute atomic E-state index is 0.216. The SMILES string of the molecule is OCc1cc(F)cc(Oc2ccc3ccccc3c2)c1. The van der Waals surface area contributed by atoms with Gasteiger partial charge in [-0.15, -0.1) is 0 Å². The summed E-state index contributed by atoms with van der Waals surface area (Å²) in [6.45, 7) is -0.216. The van der Waals surface area contributed by atoms with Gasteiger partial charge in [0.25, 0.3) is 0 Å². The Morgan fingerprint density at radius 2 is 1.65 bits per heavy atom. The summed E-state index contributed by atoms with van der Waals surface area (Å²) >= 11 is 0. The molecule has 0 aromatic heterocycles. The number of aliphatic hydroxyl groups is 1. The summed E-state index contributed by atoms with van der Waals surface area (Å²) in [6.07, 6.45) is 0. The molecule has 3 aromatic rings. The number of aliphatic hydroxyl groups excluding tert-OH is 1. The number of halogens is 1. The van der Waals surface area contributed by atoms with Gasteiger partial charge >= 0.3 is 0 Å². The number of benzene rings is 3. The van der Waals surface area contributed by atoms with Gasteiger partial charge in [-0.25, -0.2) is 4.39 Å². The quantitative estimate of drug-likeness (QED) is 0.769. The first kappa shape index (κ1) is 12.6. The topological polar surface area (TPSA) is 29.5 Å². The Kier molecular flexibility index (Phi) is 3.35. The van der Waals surface area contributed by atoms with E-state index in [0.717, 1.165) is 10.8 Å². The molecule has 0 aliphatic carbocycles. The maximum Gasteiger partial charge on any atom is 0.130 e. The molecular weight excluding hydrogens is 255 g/mol. The molecular formula is C17H13FO2. The first-order chi connectivity index (χ1) is 9.74. The molecule has 0 aliphatic rings. The molecule has 0 bridgehead atoms. The highest BCUT2D eigenvalue weighted by molar-refractivity contribution is 5.83. The number of ether oxygens (including phenoxy) is 1. The number of hydrogen-bond acceptors (Lipinski definition) is 2. The van der Waals surface area contributed by atoms with Crippen LogP contribution in [0.2, 0.25) is 0 Å². The van der Waals surface area contributed by atoms with Crippen LogP contribution >= 0.6 is 0 Å². The van der Waals surface area contributed by atoms with E-state index in [1.54, 1.807) is 6.07 Å². The summed E-state index contributed by atoms with van der Waals surface area (Å²) in [5.74, 6) is 0.592. The molecule has 20 heavy (non-hydrogen) atoms. The molecule has 3 aromatic carbocycles. The van der Waals surface area contributed by atoms with E-state index in [0.29, 0.717) is 17.1 Å². The minimum Gasteiger partial charge on any atom is -0.457 e. The van der Waals surface area contributed by atoms with Crippen molar-refractivity contribution in [3.05, 3.63) is 72.0 Å². The van der Waals surface area contributed by atoms with E-state index in [2.05, 4.69) is 0 Å². The van der Waals surface area contributed by atoms with Crippen LogP contribution in [0, 0.1) is 5.82 Å². The van der Waals surface area contributed by atoms with Crippen LogP contribution in [0.3, 0.4) is 0 Å². The van der Waals surface area contributed by atoms with Crippen LogP contribution in [0.4, 0.5) is 4.39 Å². The van der Waals surface area contributed by atoms with Crippen LogP contribution in [-0.4, -0.2) is 5.11 Å². The van der Waals surface area contributed by atoms with E-state index < -0.39 is 5.82 Å². The van der Waals surface area contributed by atoms with Gasteiger partial charge in [0, 0.05) is 6.07 Å². The lowest BCUT2D eigenvalue weighted by atomic mass is 10.1. The number of rotatable bonds is 3. The van der Waals surface area contributed by atoms with E-state index in [-0.39, 0.29) is 6.61 Å². The Hall–Kier alpha value is -2.39. The van der Waals surface area contributed by atoms with Crippen molar-refractivity contribution in [2.24, 2.45) is 0 Å². The standard InChI is InChI=1S/C17H13FO2/c18-15-7-12(11-19)8-17(10-15)20-16-6-5-13-3-1-2-4-14(13)9-16/h1-10,19H,11H2. The monoisotopic (exact) mass is 268 g/mol. The molecule has 100 valence electrons. The van der Waals surface area contributed by atoms with Gasteiger partial charge in [0.15, 0.2) is 0 Å². The van der Waals surface area contributed by atoms with Gasteiger partial charge in [-0.05, 0) is 40.6 Å². The molecule has 0 amide bonds. The van der Waals surface area contributed by atoms with Crippen molar-refractivity contribution in [2.75, 3.05) is 0 Å². The van der Waals surface area contributed by atoms with Gasteiger partial charge in [-0.1, -0.05) is 30.3 Å². The lowest BCUT2D eigenvalue weighted by Gasteiger charge is -2.08. The predicted octanol–water partition coefficient (Wildman–Crippen LogP) is 4.26. The Morgan fingerprint density at radius 3 is 2.45 bits per heavy atom. The Bertz CT molecular complexity index is 753. The third-order valence-electron chi connectivity index (χ3n) is 3.07.